The van der Waals surface area contributed by atoms with Gasteiger partial charge in [0, 0.05) is 6.20 Å². The molecule has 22 heavy (non-hydrogen) atoms. The first-order valence-electron chi connectivity index (χ1n) is 5.93. The van der Waals surface area contributed by atoms with Crippen molar-refractivity contribution in [3.8, 4) is 0 Å². The Bertz CT molecular complexity index is 778. The fraction of sp³-hybridized carbons (Fsp3) is 0.167. The molecule has 1 aromatic carbocycles. The van der Waals surface area contributed by atoms with Crippen LogP contribution in [0, 0.1) is 0 Å². The number of halogens is 3. The number of alkyl halides is 3. The summed E-state index contributed by atoms with van der Waals surface area (Å²) in [5.74, 6) is 0.419. The van der Waals surface area contributed by atoms with Crippen molar-refractivity contribution >= 4 is 21.3 Å². The van der Waals surface area contributed by atoms with Gasteiger partial charge in [-0.25, -0.2) is 18.4 Å². The van der Waals surface area contributed by atoms with Crippen LogP contribution >= 0.6 is 0 Å². The third kappa shape index (κ3) is 3.27. The lowest BCUT2D eigenvalue weighted by atomic mass is 10.3. The number of nitrogens with two attached hydrogens (primary N) is 1. The summed E-state index contributed by atoms with van der Waals surface area (Å²) < 4.78 is 61.0. The first-order chi connectivity index (χ1) is 10.2. The number of anilines is 2. The van der Waals surface area contributed by atoms with Gasteiger partial charge in [0.15, 0.2) is 0 Å². The number of para-hydroxylation sites is 1. The van der Waals surface area contributed by atoms with E-state index in [9.17, 15) is 21.6 Å². The van der Waals surface area contributed by atoms with Gasteiger partial charge in [-0.15, -0.1) is 0 Å². The van der Waals surface area contributed by atoms with Crippen LogP contribution in [0.1, 0.15) is 5.82 Å². The number of aromatic nitrogens is 2. The van der Waals surface area contributed by atoms with E-state index in [0.29, 0.717) is 0 Å². The van der Waals surface area contributed by atoms with E-state index >= 15 is 0 Å². The quantitative estimate of drug-likeness (QED) is 0.888. The van der Waals surface area contributed by atoms with Crippen molar-refractivity contribution < 1.29 is 21.6 Å². The van der Waals surface area contributed by atoms with Crippen LogP contribution < -0.4 is 11.1 Å². The number of nitrogen functional groups attached to an aromatic ring is 1. The van der Waals surface area contributed by atoms with Gasteiger partial charge in [0.25, 0.3) is 9.84 Å². The van der Waals surface area contributed by atoms with Gasteiger partial charge in [-0.05, 0) is 18.2 Å². The molecule has 6 nitrogen and oxygen atoms in total. The van der Waals surface area contributed by atoms with Crippen LogP contribution in [-0.2, 0) is 16.4 Å². The second-order valence-electron chi connectivity index (χ2n) is 4.20. The van der Waals surface area contributed by atoms with Crippen LogP contribution in [0.25, 0.3) is 0 Å². The first kappa shape index (κ1) is 16.0. The molecular formula is C12H11F3N4O2S. The molecule has 0 aliphatic carbocycles. The van der Waals surface area contributed by atoms with Gasteiger partial charge in [0.2, 0.25) is 0 Å². The first-order valence-corrected chi connectivity index (χ1v) is 7.42. The highest BCUT2D eigenvalue weighted by Crippen LogP contribution is 2.34. The Kier molecular flexibility index (Phi) is 4.22. The van der Waals surface area contributed by atoms with Gasteiger partial charge in [0.05, 0.1) is 17.1 Å². The molecule has 2 rings (SSSR count). The second-order valence-corrected chi connectivity index (χ2v) is 6.11. The maximum absolute atomic E-state index is 12.7. The van der Waals surface area contributed by atoms with Crippen molar-refractivity contribution in [2.24, 2.45) is 0 Å². The Morgan fingerprint density at radius 3 is 2.50 bits per heavy atom. The predicted molar refractivity (Wildman–Crippen MR) is 73.5 cm³/mol. The Balaban J connectivity index is 2.30. The number of hydrogen-bond donors (Lipinski definition) is 2. The molecular weight excluding hydrogens is 321 g/mol. The van der Waals surface area contributed by atoms with Crippen molar-refractivity contribution in [3.05, 3.63) is 42.4 Å². The van der Waals surface area contributed by atoms with Crippen molar-refractivity contribution in [3.63, 3.8) is 0 Å². The van der Waals surface area contributed by atoms with Crippen LogP contribution in [0.2, 0.25) is 0 Å². The average Bonchev–Trinajstić information content (AvgIpc) is 2.44. The summed E-state index contributed by atoms with van der Waals surface area (Å²) in [4.78, 5) is 6.88. The molecule has 0 aliphatic rings. The molecule has 3 N–H and O–H groups in total. The molecule has 0 fully saturated rings. The minimum atomic E-state index is -5.45. The Morgan fingerprint density at radius 2 is 1.86 bits per heavy atom. The Labute approximate surface area is 124 Å². The van der Waals surface area contributed by atoms with Gasteiger partial charge in [0.1, 0.15) is 11.6 Å². The number of rotatable bonds is 4. The van der Waals surface area contributed by atoms with Gasteiger partial charge < -0.3 is 11.1 Å². The summed E-state index contributed by atoms with van der Waals surface area (Å²) >= 11 is 0. The van der Waals surface area contributed by atoms with Crippen LogP contribution in [0.5, 0.6) is 0 Å². The molecule has 0 spiro atoms. The van der Waals surface area contributed by atoms with Crippen LogP contribution in [0.15, 0.2) is 41.4 Å². The zero-order chi connectivity index (χ0) is 16.4. The Hall–Kier alpha value is -2.36. The van der Waals surface area contributed by atoms with E-state index in [4.69, 9.17) is 5.73 Å². The molecule has 2 aromatic rings. The molecule has 0 bridgehead atoms. The van der Waals surface area contributed by atoms with E-state index in [2.05, 4.69) is 15.3 Å². The van der Waals surface area contributed by atoms with Gasteiger partial charge in [-0.1, -0.05) is 12.1 Å². The summed E-state index contributed by atoms with van der Waals surface area (Å²) in [6, 6.07) is 6.18. The maximum atomic E-state index is 12.7. The van der Waals surface area contributed by atoms with E-state index in [1.807, 2.05) is 0 Å². The smallest absolute Gasteiger partial charge is 0.384 e. The average molecular weight is 332 g/mol. The largest absolute Gasteiger partial charge is 0.501 e. The number of nitrogens with one attached hydrogen (secondary N) is 1. The third-order valence-corrected chi connectivity index (χ3v) is 4.19. The molecule has 0 saturated carbocycles. The lowest BCUT2D eigenvalue weighted by Crippen LogP contribution is -2.24. The zero-order valence-corrected chi connectivity index (χ0v) is 11.8. The molecule has 0 radical (unpaired) electrons. The maximum Gasteiger partial charge on any atom is 0.501 e. The Morgan fingerprint density at radius 1 is 1.18 bits per heavy atom. The molecule has 0 saturated heterocycles. The number of sulfone groups is 1. The molecule has 10 heteroatoms. The molecule has 1 heterocycles. The highest BCUT2D eigenvalue weighted by atomic mass is 32.2. The molecule has 0 unspecified atom stereocenters. The van der Waals surface area contributed by atoms with Crippen molar-refractivity contribution in [2.45, 2.75) is 16.9 Å². The second kappa shape index (κ2) is 5.79. The van der Waals surface area contributed by atoms with Crippen LogP contribution in [0.3, 0.4) is 0 Å². The monoisotopic (exact) mass is 332 g/mol. The molecule has 0 amide bonds. The summed E-state index contributed by atoms with van der Waals surface area (Å²) in [6.07, 6.45) is 1.39. The lowest BCUT2D eigenvalue weighted by Gasteiger charge is -2.13. The van der Waals surface area contributed by atoms with E-state index in [0.717, 1.165) is 6.07 Å². The summed E-state index contributed by atoms with van der Waals surface area (Å²) in [5.41, 5.74) is -0.105. The minimum absolute atomic E-state index is 0.0740. The topological polar surface area (TPSA) is 98.0 Å². The van der Waals surface area contributed by atoms with Gasteiger partial charge >= 0.3 is 5.51 Å². The third-order valence-electron chi connectivity index (χ3n) is 2.65. The fourth-order valence-corrected chi connectivity index (χ4v) is 2.58. The van der Waals surface area contributed by atoms with Crippen LogP contribution in [-0.4, -0.2) is 23.9 Å². The van der Waals surface area contributed by atoms with Crippen LogP contribution in [0.4, 0.5) is 24.7 Å². The fourth-order valence-electron chi connectivity index (χ4n) is 1.65. The molecule has 0 aliphatic heterocycles. The molecule has 118 valence electrons. The molecule has 1 aromatic heterocycles. The van der Waals surface area contributed by atoms with Crippen molar-refractivity contribution in [2.75, 3.05) is 11.1 Å². The van der Waals surface area contributed by atoms with E-state index < -0.39 is 20.2 Å². The zero-order valence-electron chi connectivity index (χ0n) is 11.0. The number of hydrogen-bond acceptors (Lipinski definition) is 6. The van der Waals surface area contributed by atoms with E-state index in [1.165, 1.54) is 30.5 Å². The predicted octanol–water partition coefficient (Wildman–Crippen LogP) is 1.96. The van der Waals surface area contributed by atoms with Gasteiger partial charge in [-0.3, -0.25) is 0 Å². The number of nitrogens with zero attached hydrogens (tertiary/aromatic N) is 2. The lowest BCUT2D eigenvalue weighted by molar-refractivity contribution is -0.0435. The summed E-state index contributed by atoms with van der Waals surface area (Å²) in [6.45, 7) is -0.0740. The van der Waals surface area contributed by atoms with Gasteiger partial charge in [-0.2, -0.15) is 13.2 Å². The highest BCUT2D eigenvalue weighted by Gasteiger charge is 2.47. The molecule has 0 atom stereocenters. The summed E-state index contributed by atoms with van der Waals surface area (Å²) in [7, 11) is -5.45. The number of benzene rings is 1. The van der Waals surface area contributed by atoms with Crippen molar-refractivity contribution in [1.82, 2.24) is 9.97 Å². The van der Waals surface area contributed by atoms with E-state index in [-0.39, 0.29) is 23.9 Å². The summed E-state index contributed by atoms with van der Waals surface area (Å²) in [5, 5.41) is 2.58. The normalized spacial score (nSPS) is 12.1. The minimum Gasteiger partial charge on any atom is -0.384 e. The standard InChI is InChI=1S/C12H11F3N4O2S/c13-12(14,15)22(20,21)9-4-2-1-3-8(9)18-7-11-17-6-5-10(16)19-11/h1-6,18H,7H2,(H2,16,17,19). The highest BCUT2D eigenvalue weighted by molar-refractivity contribution is 7.92. The van der Waals surface area contributed by atoms with Crippen molar-refractivity contribution in [1.29, 1.82) is 0 Å². The van der Waals surface area contributed by atoms with E-state index in [1.54, 1.807) is 0 Å². The SMILES string of the molecule is Nc1ccnc(CNc2ccccc2S(=O)(=O)C(F)(F)F)n1.